The Hall–Kier alpha value is -2.67. The van der Waals surface area contributed by atoms with E-state index in [1.165, 1.54) is 6.42 Å². The molecule has 14 nitrogen and oxygen atoms in total. The van der Waals surface area contributed by atoms with Crippen molar-refractivity contribution in [2.75, 3.05) is 78.5 Å². The van der Waals surface area contributed by atoms with E-state index in [-0.39, 0.29) is 5.96 Å². The molecule has 0 saturated heterocycles. The van der Waals surface area contributed by atoms with E-state index in [2.05, 4.69) is 35.7 Å². The molecule has 0 radical (unpaired) electrons. The minimum atomic E-state index is -3.39. The molecule has 2 aromatic carbocycles. The second-order valence-corrected chi connectivity index (χ2v) is 17.3. The summed E-state index contributed by atoms with van der Waals surface area (Å²) in [5.74, 6) is 0.161. The van der Waals surface area contributed by atoms with Crippen LogP contribution in [0.15, 0.2) is 63.3 Å². The van der Waals surface area contributed by atoms with Crippen LogP contribution in [-0.2, 0) is 20.0 Å². The number of nitrogens with zero attached hydrogens (tertiary/aromatic N) is 1. The highest BCUT2D eigenvalue weighted by Gasteiger charge is 2.13. The number of benzene rings is 2. The average molecular weight is 811 g/mol. The van der Waals surface area contributed by atoms with Crippen LogP contribution in [0.5, 0.6) is 0 Å². The minimum absolute atomic E-state index is 0.161. The maximum Gasteiger partial charge on any atom is 0.240 e. The lowest BCUT2D eigenvalue weighted by molar-refractivity contribution is 0.551. The first kappa shape index (κ1) is 50.3. The number of unbranched alkanes of at least 4 members (excludes halogenated alkanes) is 6. The number of nitrogens with two attached hydrogens (primary N) is 3. The lowest BCUT2D eigenvalue weighted by atomic mass is 10.2. The molecule has 316 valence electrons. The Bertz CT molecular complexity index is 1460. The highest BCUT2D eigenvalue weighted by Crippen LogP contribution is 2.11. The van der Waals surface area contributed by atoms with Crippen molar-refractivity contribution in [2.45, 2.75) is 101 Å². The van der Waals surface area contributed by atoms with Crippen molar-refractivity contribution < 1.29 is 16.8 Å². The number of sulfonamides is 2. The zero-order valence-corrected chi connectivity index (χ0v) is 35.4. The molecule has 0 unspecified atom stereocenters. The zero-order valence-electron chi connectivity index (χ0n) is 33.7. The number of aliphatic imine (C=N–C) groups is 1. The predicted octanol–water partition coefficient (Wildman–Crippen LogP) is 2.82. The Morgan fingerprint density at radius 1 is 0.473 bits per heavy atom. The topological polar surface area (TPSA) is 231 Å². The number of aryl methyl sites for hydroxylation is 2. The normalized spacial score (nSPS) is 11.6. The molecule has 0 saturated carbocycles. The number of hydrogen-bond acceptors (Lipinski definition) is 10. The van der Waals surface area contributed by atoms with Gasteiger partial charge in [0.15, 0.2) is 5.96 Å². The Labute approximate surface area is 333 Å². The van der Waals surface area contributed by atoms with Crippen LogP contribution in [0.3, 0.4) is 0 Å². The molecular formula is C39H74N10O4S2. The summed E-state index contributed by atoms with van der Waals surface area (Å²) in [6.45, 7) is 14.3. The van der Waals surface area contributed by atoms with E-state index in [0.717, 1.165) is 141 Å². The standard InChI is InChI=1S/C20H38N6O2S.C19H36N4O2S/c1-18-8-10-19(11-9-18)29(27,28)26-17-7-5-15-24-13-3-2-12-23-14-4-6-16-25-20(21)22;1-18-8-10-19(11-9-18)26(24,25)23-17-7-6-16-22-15-5-4-14-21-13-3-2-12-20/h8-11,23-24,26H,2-7,12-17H2,1H3,(H4,21,22,25);8-11,21-23H,2-7,12-17,20H2,1H3. The first-order valence-electron chi connectivity index (χ1n) is 20.2. The summed E-state index contributed by atoms with van der Waals surface area (Å²) in [6, 6.07) is 13.8. The van der Waals surface area contributed by atoms with Gasteiger partial charge >= 0.3 is 0 Å². The molecule has 0 aliphatic carbocycles. The Morgan fingerprint density at radius 2 is 0.764 bits per heavy atom. The van der Waals surface area contributed by atoms with Crippen LogP contribution < -0.4 is 47.9 Å². The second-order valence-electron chi connectivity index (χ2n) is 13.8. The third kappa shape index (κ3) is 28.4. The summed E-state index contributed by atoms with van der Waals surface area (Å²) in [7, 11) is -6.77. The van der Waals surface area contributed by atoms with E-state index in [9.17, 15) is 16.8 Å². The molecule has 0 fully saturated rings. The molecule has 55 heavy (non-hydrogen) atoms. The Morgan fingerprint density at radius 3 is 1.07 bits per heavy atom. The maximum atomic E-state index is 12.2. The molecule has 0 atom stereocenters. The molecule has 0 heterocycles. The van der Waals surface area contributed by atoms with Gasteiger partial charge in [0.1, 0.15) is 0 Å². The van der Waals surface area contributed by atoms with E-state index < -0.39 is 20.0 Å². The molecule has 0 spiro atoms. The Balaban J connectivity index is 0.000000553. The van der Waals surface area contributed by atoms with Gasteiger partial charge in [-0.25, -0.2) is 26.3 Å². The van der Waals surface area contributed by atoms with Crippen LogP contribution in [0, 0.1) is 13.8 Å². The van der Waals surface area contributed by atoms with Crippen LogP contribution in [0.2, 0.25) is 0 Å². The average Bonchev–Trinajstić information content (AvgIpc) is 3.15. The summed E-state index contributed by atoms with van der Waals surface area (Å²) < 4.78 is 53.9. The summed E-state index contributed by atoms with van der Waals surface area (Å²) in [4.78, 5) is 4.60. The number of nitrogens with one attached hydrogen (secondary N) is 6. The van der Waals surface area contributed by atoms with Gasteiger partial charge in [-0.1, -0.05) is 35.4 Å². The van der Waals surface area contributed by atoms with Gasteiger partial charge in [-0.2, -0.15) is 0 Å². The van der Waals surface area contributed by atoms with E-state index in [1.807, 2.05) is 38.1 Å². The molecule has 0 aliphatic heterocycles. The highest BCUT2D eigenvalue weighted by molar-refractivity contribution is 7.89. The lowest BCUT2D eigenvalue weighted by Gasteiger charge is -2.08. The van der Waals surface area contributed by atoms with Crippen molar-refractivity contribution in [1.82, 2.24) is 30.7 Å². The predicted molar refractivity (Wildman–Crippen MR) is 229 cm³/mol. The third-order valence-electron chi connectivity index (χ3n) is 8.59. The van der Waals surface area contributed by atoms with Crippen LogP contribution in [0.25, 0.3) is 0 Å². The minimum Gasteiger partial charge on any atom is -0.370 e. The molecule has 0 aromatic heterocycles. The SMILES string of the molecule is Cc1ccc(S(=O)(=O)NCCCCNCCCCNCCCCN)cc1.Cc1ccc(S(=O)(=O)NCCCCNCCCCNCCCCN=C(N)N)cc1. The van der Waals surface area contributed by atoms with Crippen molar-refractivity contribution >= 4 is 26.0 Å². The summed E-state index contributed by atoms with van der Waals surface area (Å²) >= 11 is 0. The molecule has 2 rings (SSSR count). The monoisotopic (exact) mass is 811 g/mol. The van der Waals surface area contributed by atoms with Gasteiger partial charge < -0.3 is 38.5 Å². The third-order valence-corrected chi connectivity index (χ3v) is 11.5. The van der Waals surface area contributed by atoms with Gasteiger partial charge in [0.2, 0.25) is 20.0 Å². The molecule has 0 aliphatic rings. The van der Waals surface area contributed by atoms with Crippen LogP contribution >= 0.6 is 0 Å². The summed E-state index contributed by atoms with van der Waals surface area (Å²) in [5, 5.41) is 13.7. The lowest BCUT2D eigenvalue weighted by Crippen LogP contribution is -2.26. The largest absolute Gasteiger partial charge is 0.370 e. The maximum absolute atomic E-state index is 12.2. The van der Waals surface area contributed by atoms with E-state index in [1.54, 1.807) is 24.3 Å². The number of rotatable bonds is 33. The van der Waals surface area contributed by atoms with Gasteiger partial charge in [0.05, 0.1) is 9.79 Å². The quantitative estimate of drug-likeness (QED) is 0.0289. The molecule has 0 amide bonds. The molecule has 12 N–H and O–H groups in total. The van der Waals surface area contributed by atoms with Gasteiger partial charge in [-0.05, 0) is 174 Å². The van der Waals surface area contributed by atoms with Crippen LogP contribution in [-0.4, -0.2) is 101 Å². The molecule has 0 bridgehead atoms. The van der Waals surface area contributed by atoms with Gasteiger partial charge in [-0.15, -0.1) is 0 Å². The second kappa shape index (κ2) is 32.4. The van der Waals surface area contributed by atoms with Gasteiger partial charge in [0, 0.05) is 19.6 Å². The summed E-state index contributed by atoms with van der Waals surface area (Å²) in [5.41, 5.74) is 18.1. The van der Waals surface area contributed by atoms with E-state index in [0.29, 0.717) is 29.4 Å². The zero-order chi connectivity index (χ0) is 40.5. The number of hydrogen-bond donors (Lipinski definition) is 9. The first-order chi connectivity index (χ1) is 26.5. The van der Waals surface area contributed by atoms with Crippen LogP contribution in [0.4, 0.5) is 0 Å². The van der Waals surface area contributed by atoms with Crippen molar-refractivity contribution in [1.29, 1.82) is 0 Å². The van der Waals surface area contributed by atoms with E-state index >= 15 is 0 Å². The Kier molecular flexibility index (Phi) is 29.7. The van der Waals surface area contributed by atoms with Crippen molar-refractivity contribution in [3.63, 3.8) is 0 Å². The fourth-order valence-electron chi connectivity index (χ4n) is 5.23. The van der Waals surface area contributed by atoms with Gasteiger partial charge in [0.25, 0.3) is 0 Å². The first-order valence-corrected chi connectivity index (χ1v) is 23.2. The van der Waals surface area contributed by atoms with Crippen molar-refractivity contribution in [2.24, 2.45) is 22.2 Å². The summed E-state index contributed by atoms with van der Waals surface area (Å²) in [6.07, 6.45) is 12.5. The number of guanidine groups is 1. The van der Waals surface area contributed by atoms with Crippen molar-refractivity contribution in [3.8, 4) is 0 Å². The fourth-order valence-corrected chi connectivity index (χ4v) is 7.38. The van der Waals surface area contributed by atoms with Gasteiger partial charge in [-0.3, -0.25) is 4.99 Å². The molecule has 2 aromatic rings. The van der Waals surface area contributed by atoms with Crippen LogP contribution in [0.1, 0.15) is 88.2 Å². The smallest absolute Gasteiger partial charge is 0.240 e. The van der Waals surface area contributed by atoms with Crippen molar-refractivity contribution in [3.05, 3.63) is 59.7 Å². The molecular weight excluding hydrogens is 737 g/mol. The fraction of sp³-hybridized carbons (Fsp3) is 0.667. The highest BCUT2D eigenvalue weighted by atomic mass is 32.2. The molecule has 16 heteroatoms. The van der Waals surface area contributed by atoms with E-state index in [4.69, 9.17) is 17.2 Å².